The van der Waals surface area contributed by atoms with Crippen LogP contribution < -0.4 is 0 Å². The number of alkyl halides is 1. The molecule has 0 radical (unpaired) electrons. The van der Waals surface area contributed by atoms with Gasteiger partial charge in [0.2, 0.25) is 0 Å². The third-order valence-corrected chi connectivity index (χ3v) is 1.91. The summed E-state index contributed by atoms with van der Waals surface area (Å²) in [5, 5.41) is 0. The second kappa shape index (κ2) is 1.57. The first-order valence-electron chi connectivity index (χ1n) is 3.05. The topological polar surface area (TPSA) is 0 Å². The van der Waals surface area contributed by atoms with Crippen LogP contribution >= 0.6 is 0 Å². The van der Waals surface area contributed by atoms with Crippen molar-refractivity contribution in [1.82, 2.24) is 0 Å². The van der Waals surface area contributed by atoms with Crippen molar-refractivity contribution in [2.45, 2.75) is 25.4 Å². The van der Waals surface area contributed by atoms with Crippen LogP contribution in [0.15, 0.2) is 12.7 Å². The Bertz CT molecular complexity index is 109. The van der Waals surface area contributed by atoms with Crippen molar-refractivity contribution in [2.75, 3.05) is 0 Å². The van der Waals surface area contributed by atoms with Gasteiger partial charge in [-0.2, -0.15) is 0 Å². The van der Waals surface area contributed by atoms with E-state index in [1.54, 1.807) is 0 Å². The monoisotopic (exact) mass is 114 g/mol. The summed E-state index contributed by atoms with van der Waals surface area (Å²) in [5.41, 5.74) is -0.977. The molecule has 1 aliphatic carbocycles. The second-order valence-corrected chi connectivity index (χ2v) is 2.44. The molecule has 0 spiro atoms. The minimum atomic E-state index is -0.977. The van der Waals surface area contributed by atoms with E-state index in [-0.39, 0.29) is 5.92 Å². The van der Waals surface area contributed by atoms with Gasteiger partial charge in [-0.3, -0.25) is 0 Å². The Morgan fingerprint density at radius 2 is 2.62 bits per heavy atom. The zero-order chi connectivity index (χ0) is 6.20. The SMILES string of the molecule is C=CC1(F)CC1CC. The molecule has 1 saturated carbocycles. The Morgan fingerprint density at radius 3 is 2.75 bits per heavy atom. The molecule has 0 nitrogen and oxygen atoms in total. The van der Waals surface area contributed by atoms with E-state index in [1.807, 2.05) is 6.92 Å². The van der Waals surface area contributed by atoms with Crippen LogP contribution in [0.5, 0.6) is 0 Å². The van der Waals surface area contributed by atoms with Crippen LogP contribution in [0, 0.1) is 5.92 Å². The molecule has 0 N–H and O–H groups in total. The van der Waals surface area contributed by atoms with E-state index >= 15 is 0 Å². The Hall–Kier alpha value is -0.330. The fourth-order valence-electron chi connectivity index (χ4n) is 1.05. The summed E-state index contributed by atoms with van der Waals surface area (Å²) >= 11 is 0. The first kappa shape index (κ1) is 5.80. The lowest BCUT2D eigenvalue weighted by Gasteiger charge is -1.94. The lowest BCUT2D eigenvalue weighted by molar-refractivity contribution is 0.346. The number of hydrogen-bond donors (Lipinski definition) is 0. The molecule has 0 aromatic heterocycles. The molecule has 0 bridgehead atoms. The van der Waals surface area contributed by atoms with Crippen LogP contribution in [-0.2, 0) is 0 Å². The van der Waals surface area contributed by atoms with Crippen molar-refractivity contribution in [1.29, 1.82) is 0 Å². The van der Waals surface area contributed by atoms with E-state index in [0.29, 0.717) is 6.42 Å². The van der Waals surface area contributed by atoms with Crippen LogP contribution in [0.1, 0.15) is 19.8 Å². The zero-order valence-corrected chi connectivity index (χ0v) is 5.15. The van der Waals surface area contributed by atoms with Gasteiger partial charge < -0.3 is 0 Å². The van der Waals surface area contributed by atoms with E-state index < -0.39 is 5.67 Å². The van der Waals surface area contributed by atoms with Crippen LogP contribution in [0.4, 0.5) is 4.39 Å². The van der Waals surface area contributed by atoms with Crippen molar-refractivity contribution < 1.29 is 4.39 Å². The van der Waals surface area contributed by atoms with Gasteiger partial charge in [0.15, 0.2) is 0 Å². The van der Waals surface area contributed by atoms with Crippen LogP contribution in [0.3, 0.4) is 0 Å². The van der Waals surface area contributed by atoms with E-state index in [4.69, 9.17) is 0 Å². The van der Waals surface area contributed by atoms with Gasteiger partial charge in [0.05, 0.1) is 0 Å². The number of hydrogen-bond acceptors (Lipinski definition) is 0. The Morgan fingerprint density at radius 1 is 2.00 bits per heavy atom. The van der Waals surface area contributed by atoms with Gasteiger partial charge in [-0.15, -0.1) is 0 Å². The largest absolute Gasteiger partial charge is 0.239 e. The number of allylic oxidation sites excluding steroid dienone is 1. The summed E-state index contributed by atoms with van der Waals surface area (Å²) in [6, 6.07) is 0. The van der Waals surface area contributed by atoms with Crippen molar-refractivity contribution in [2.24, 2.45) is 5.92 Å². The van der Waals surface area contributed by atoms with Gasteiger partial charge >= 0.3 is 0 Å². The molecule has 2 unspecified atom stereocenters. The molecular weight excluding hydrogens is 103 g/mol. The third-order valence-electron chi connectivity index (χ3n) is 1.91. The third kappa shape index (κ3) is 0.662. The molecule has 0 aliphatic heterocycles. The van der Waals surface area contributed by atoms with Gasteiger partial charge in [0, 0.05) is 0 Å². The highest BCUT2D eigenvalue weighted by Gasteiger charge is 2.51. The summed E-state index contributed by atoms with van der Waals surface area (Å²) < 4.78 is 12.8. The molecule has 2 atom stereocenters. The van der Waals surface area contributed by atoms with Crippen LogP contribution in [-0.4, -0.2) is 5.67 Å². The van der Waals surface area contributed by atoms with Crippen molar-refractivity contribution in [3.05, 3.63) is 12.7 Å². The summed E-state index contributed by atoms with van der Waals surface area (Å²) in [6.45, 7) is 5.43. The minimum Gasteiger partial charge on any atom is -0.239 e. The Balaban J connectivity index is 2.42. The van der Waals surface area contributed by atoms with Gasteiger partial charge in [-0.1, -0.05) is 19.6 Å². The fourth-order valence-corrected chi connectivity index (χ4v) is 1.05. The highest BCUT2D eigenvalue weighted by molar-refractivity contribution is 5.14. The molecule has 1 rings (SSSR count). The Labute approximate surface area is 49.4 Å². The molecular formula is C7H11F. The summed E-state index contributed by atoms with van der Waals surface area (Å²) in [7, 11) is 0. The van der Waals surface area contributed by atoms with E-state index in [0.717, 1.165) is 6.42 Å². The Kier molecular flexibility index (Phi) is 1.14. The zero-order valence-electron chi connectivity index (χ0n) is 5.15. The van der Waals surface area contributed by atoms with Gasteiger partial charge in [0.1, 0.15) is 5.67 Å². The molecule has 8 heavy (non-hydrogen) atoms. The molecule has 0 heterocycles. The highest BCUT2D eigenvalue weighted by atomic mass is 19.1. The predicted molar refractivity (Wildman–Crippen MR) is 32.4 cm³/mol. The molecule has 0 aromatic rings. The molecule has 1 fully saturated rings. The van der Waals surface area contributed by atoms with E-state index in [2.05, 4.69) is 6.58 Å². The van der Waals surface area contributed by atoms with E-state index in [9.17, 15) is 4.39 Å². The summed E-state index contributed by atoms with van der Waals surface area (Å²) in [6.07, 6.45) is 3.08. The number of halogens is 1. The molecule has 0 saturated heterocycles. The van der Waals surface area contributed by atoms with Crippen molar-refractivity contribution >= 4 is 0 Å². The average Bonchev–Trinajstić information content (AvgIpc) is 2.44. The molecule has 1 heteroatoms. The second-order valence-electron chi connectivity index (χ2n) is 2.44. The number of rotatable bonds is 2. The van der Waals surface area contributed by atoms with Crippen molar-refractivity contribution in [3.8, 4) is 0 Å². The van der Waals surface area contributed by atoms with E-state index in [1.165, 1.54) is 6.08 Å². The fraction of sp³-hybridized carbons (Fsp3) is 0.714. The van der Waals surface area contributed by atoms with Crippen LogP contribution in [0.2, 0.25) is 0 Å². The van der Waals surface area contributed by atoms with Gasteiger partial charge in [-0.25, -0.2) is 4.39 Å². The maximum absolute atomic E-state index is 12.8. The van der Waals surface area contributed by atoms with Gasteiger partial charge in [0.25, 0.3) is 0 Å². The normalized spacial score (nSPS) is 44.0. The quantitative estimate of drug-likeness (QED) is 0.483. The first-order chi connectivity index (χ1) is 3.73. The molecule has 0 amide bonds. The smallest absolute Gasteiger partial charge is 0.132 e. The first-order valence-corrected chi connectivity index (χ1v) is 3.05. The van der Waals surface area contributed by atoms with Crippen LogP contribution in [0.25, 0.3) is 0 Å². The molecule has 1 aliphatic rings. The molecule has 0 aromatic carbocycles. The lowest BCUT2D eigenvalue weighted by Crippen LogP contribution is -1.95. The maximum Gasteiger partial charge on any atom is 0.132 e. The average molecular weight is 114 g/mol. The highest BCUT2D eigenvalue weighted by Crippen LogP contribution is 2.49. The minimum absolute atomic E-state index is 0.278. The lowest BCUT2D eigenvalue weighted by atomic mass is 10.2. The standard InChI is InChI=1S/C7H11F/c1-3-6-5-7(6,8)4-2/h4,6H,2-3,5H2,1H3. The molecule has 46 valence electrons. The van der Waals surface area contributed by atoms with Crippen molar-refractivity contribution in [3.63, 3.8) is 0 Å². The van der Waals surface area contributed by atoms with Gasteiger partial charge in [-0.05, 0) is 18.8 Å². The summed E-state index contributed by atoms with van der Waals surface area (Å²) in [4.78, 5) is 0. The summed E-state index contributed by atoms with van der Waals surface area (Å²) in [5.74, 6) is 0.278. The maximum atomic E-state index is 12.8. The predicted octanol–water partition coefficient (Wildman–Crippen LogP) is 2.31.